The molecule has 0 heterocycles. The lowest BCUT2D eigenvalue weighted by Crippen LogP contribution is -2.30. The highest BCUT2D eigenvalue weighted by Gasteiger charge is 2.34. The first-order chi connectivity index (χ1) is 20.5. The molecule has 220 valence electrons. The SMILES string of the molecule is O=C(CSc1ccc(NC(=O)/C(=C/c2ccc(Cl)cc2)NC(=O)c2ccccc2)cc1)Nc1ccc(Cl)cc1C(F)(F)F. The number of carbonyl (C=O) groups excluding carboxylic acids is 3. The quantitative estimate of drug-likeness (QED) is 0.127. The zero-order valence-electron chi connectivity index (χ0n) is 22.0. The Morgan fingerprint density at radius 1 is 0.791 bits per heavy atom. The summed E-state index contributed by atoms with van der Waals surface area (Å²) in [7, 11) is 0. The molecule has 0 saturated carbocycles. The van der Waals surface area contributed by atoms with Gasteiger partial charge in [0, 0.05) is 26.2 Å². The number of rotatable bonds is 9. The summed E-state index contributed by atoms with van der Waals surface area (Å²) in [6.45, 7) is 0. The topological polar surface area (TPSA) is 87.3 Å². The molecule has 0 bridgehead atoms. The van der Waals surface area contributed by atoms with Gasteiger partial charge in [-0.1, -0.05) is 53.5 Å². The predicted molar refractivity (Wildman–Crippen MR) is 164 cm³/mol. The number of hydrogen-bond donors (Lipinski definition) is 3. The van der Waals surface area contributed by atoms with Crippen LogP contribution < -0.4 is 16.0 Å². The van der Waals surface area contributed by atoms with Crippen LogP contribution >= 0.6 is 35.0 Å². The molecule has 0 aromatic heterocycles. The van der Waals surface area contributed by atoms with E-state index in [2.05, 4.69) is 16.0 Å². The van der Waals surface area contributed by atoms with Crippen LogP contribution in [0.5, 0.6) is 0 Å². The Morgan fingerprint density at radius 3 is 2.09 bits per heavy atom. The van der Waals surface area contributed by atoms with Crippen LogP contribution in [0.1, 0.15) is 21.5 Å². The minimum absolute atomic E-state index is 0.00766. The number of amides is 3. The Hall–Kier alpha value is -4.25. The third-order valence-corrected chi connectivity index (χ3v) is 7.25. The summed E-state index contributed by atoms with van der Waals surface area (Å²) in [6, 6.07) is 24.7. The smallest absolute Gasteiger partial charge is 0.325 e. The first kappa shape index (κ1) is 31.7. The Kier molecular flexibility index (Phi) is 10.5. The van der Waals surface area contributed by atoms with Gasteiger partial charge in [-0.3, -0.25) is 14.4 Å². The Balaban J connectivity index is 1.40. The fraction of sp³-hybridized carbons (Fsp3) is 0.0645. The molecule has 4 aromatic rings. The lowest BCUT2D eigenvalue weighted by atomic mass is 10.1. The maximum atomic E-state index is 13.3. The first-order valence-corrected chi connectivity index (χ1v) is 14.3. The molecular weight excluding hydrogens is 622 g/mol. The number of thioether (sulfide) groups is 1. The van der Waals surface area contributed by atoms with Crippen molar-refractivity contribution in [2.45, 2.75) is 11.1 Å². The molecule has 0 aliphatic heterocycles. The zero-order valence-corrected chi connectivity index (χ0v) is 24.4. The molecule has 6 nitrogen and oxygen atoms in total. The van der Waals surface area contributed by atoms with Crippen LogP contribution in [0.25, 0.3) is 6.08 Å². The monoisotopic (exact) mass is 643 g/mol. The van der Waals surface area contributed by atoms with Crippen LogP contribution in [0.15, 0.2) is 108 Å². The molecule has 0 unspecified atom stereocenters. The van der Waals surface area contributed by atoms with Gasteiger partial charge < -0.3 is 16.0 Å². The predicted octanol–water partition coefficient (Wildman–Crippen LogP) is 8.15. The summed E-state index contributed by atoms with van der Waals surface area (Å²) >= 11 is 12.7. The van der Waals surface area contributed by atoms with Crippen molar-refractivity contribution in [2.24, 2.45) is 0 Å². The summed E-state index contributed by atoms with van der Waals surface area (Å²) in [6.07, 6.45) is -3.17. The number of halogens is 5. The largest absolute Gasteiger partial charge is 0.418 e. The molecule has 0 atom stereocenters. The second kappa shape index (κ2) is 14.3. The highest BCUT2D eigenvalue weighted by molar-refractivity contribution is 8.00. The van der Waals surface area contributed by atoms with E-state index in [9.17, 15) is 27.6 Å². The van der Waals surface area contributed by atoms with Crippen molar-refractivity contribution < 1.29 is 27.6 Å². The van der Waals surface area contributed by atoms with E-state index in [0.717, 1.165) is 23.9 Å². The van der Waals surface area contributed by atoms with Crippen LogP contribution in [-0.2, 0) is 15.8 Å². The van der Waals surface area contributed by atoms with Crippen molar-refractivity contribution in [2.75, 3.05) is 16.4 Å². The molecule has 0 radical (unpaired) electrons. The summed E-state index contributed by atoms with van der Waals surface area (Å²) in [5, 5.41) is 8.06. The van der Waals surface area contributed by atoms with Gasteiger partial charge in [-0.05, 0) is 78.4 Å². The molecule has 0 spiro atoms. The van der Waals surface area contributed by atoms with Crippen molar-refractivity contribution in [3.8, 4) is 0 Å². The van der Waals surface area contributed by atoms with Crippen molar-refractivity contribution in [1.29, 1.82) is 0 Å². The van der Waals surface area contributed by atoms with E-state index in [1.54, 1.807) is 78.9 Å². The third kappa shape index (κ3) is 9.37. The van der Waals surface area contributed by atoms with E-state index in [1.165, 1.54) is 12.1 Å². The van der Waals surface area contributed by atoms with Crippen LogP contribution in [-0.4, -0.2) is 23.5 Å². The summed E-state index contributed by atoms with van der Waals surface area (Å²) in [4.78, 5) is 38.9. The lowest BCUT2D eigenvalue weighted by Gasteiger charge is -2.14. The molecule has 3 N–H and O–H groups in total. The average molecular weight is 645 g/mol. The van der Waals surface area contributed by atoms with Crippen molar-refractivity contribution in [3.05, 3.63) is 129 Å². The number of benzene rings is 4. The van der Waals surface area contributed by atoms with Crippen LogP contribution in [0.2, 0.25) is 10.0 Å². The number of anilines is 2. The standard InChI is InChI=1S/C31H22Cl2F3N3O3S/c32-21-8-6-19(7-9-21)16-27(39-29(41)20-4-2-1-3-5-20)30(42)37-23-11-13-24(14-12-23)43-18-28(40)38-26-15-10-22(33)17-25(26)31(34,35)36/h1-17H,18H2,(H,37,42)(H,38,40)(H,39,41)/b27-16-. The summed E-state index contributed by atoms with van der Waals surface area (Å²) in [5.41, 5.74) is -0.0231. The second-order valence-electron chi connectivity index (χ2n) is 8.93. The molecule has 0 saturated heterocycles. The number of carbonyl (C=O) groups is 3. The van der Waals surface area contributed by atoms with Crippen LogP contribution in [0, 0.1) is 0 Å². The molecular formula is C31H22Cl2F3N3O3S. The second-order valence-corrected chi connectivity index (χ2v) is 10.9. The van der Waals surface area contributed by atoms with E-state index < -0.39 is 29.5 Å². The maximum Gasteiger partial charge on any atom is 0.418 e. The van der Waals surface area contributed by atoms with E-state index in [4.69, 9.17) is 23.2 Å². The van der Waals surface area contributed by atoms with Gasteiger partial charge >= 0.3 is 6.18 Å². The highest BCUT2D eigenvalue weighted by atomic mass is 35.5. The normalized spacial score (nSPS) is 11.5. The number of nitrogens with one attached hydrogen (secondary N) is 3. The van der Waals surface area contributed by atoms with E-state index in [0.29, 0.717) is 26.7 Å². The maximum absolute atomic E-state index is 13.3. The zero-order chi connectivity index (χ0) is 31.0. The fourth-order valence-corrected chi connectivity index (χ4v) is 4.69. The van der Waals surface area contributed by atoms with E-state index in [1.807, 2.05) is 0 Å². The molecule has 0 aliphatic rings. The minimum atomic E-state index is -4.69. The van der Waals surface area contributed by atoms with Gasteiger partial charge in [-0.25, -0.2) is 0 Å². The minimum Gasteiger partial charge on any atom is -0.325 e. The van der Waals surface area contributed by atoms with Gasteiger partial charge in [0.1, 0.15) is 5.70 Å². The molecule has 0 aliphatic carbocycles. The first-order valence-electron chi connectivity index (χ1n) is 12.5. The van der Waals surface area contributed by atoms with E-state index in [-0.39, 0.29) is 22.2 Å². The van der Waals surface area contributed by atoms with Gasteiger partial charge in [-0.2, -0.15) is 13.2 Å². The highest BCUT2D eigenvalue weighted by Crippen LogP contribution is 2.36. The number of alkyl halides is 3. The van der Waals surface area contributed by atoms with Crippen molar-refractivity contribution >= 4 is 70.1 Å². The molecule has 4 rings (SSSR count). The third-order valence-electron chi connectivity index (χ3n) is 5.75. The summed E-state index contributed by atoms with van der Waals surface area (Å²) in [5.74, 6) is -1.85. The molecule has 4 aromatic carbocycles. The Bertz CT molecular complexity index is 1650. The Labute approximate surface area is 259 Å². The fourth-order valence-electron chi connectivity index (χ4n) is 3.70. The van der Waals surface area contributed by atoms with Crippen molar-refractivity contribution in [3.63, 3.8) is 0 Å². The van der Waals surface area contributed by atoms with Crippen LogP contribution in [0.3, 0.4) is 0 Å². The van der Waals surface area contributed by atoms with Gasteiger partial charge in [-0.15, -0.1) is 11.8 Å². The molecule has 12 heteroatoms. The number of hydrogen-bond acceptors (Lipinski definition) is 4. The summed E-state index contributed by atoms with van der Waals surface area (Å²) < 4.78 is 39.9. The molecule has 0 fully saturated rings. The van der Waals surface area contributed by atoms with Gasteiger partial charge in [0.15, 0.2) is 0 Å². The van der Waals surface area contributed by atoms with Crippen LogP contribution in [0.4, 0.5) is 24.5 Å². The lowest BCUT2D eigenvalue weighted by molar-refractivity contribution is -0.137. The Morgan fingerprint density at radius 2 is 1.44 bits per heavy atom. The van der Waals surface area contributed by atoms with Gasteiger partial charge in [0.05, 0.1) is 17.0 Å². The van der Waals surface area contributed by atoms with Gasteiger partial charge in [0.2, 0.25) is 5.91 Å². The van der Waals surface area contributed by atoms with Crippen molar-refractivity contribution in [1.82, 2.24) is 5.32 Å². The average Bonchev–Trinajstić information content (AvgIpc) is 2.98. The van der Waals surface area contributed by atoms with E-state index >= 15 is 0 Å². The molecule has 3 amide bonds. The molecule has 43 heavy (non-hydrogen) atoms. The van der Waals surface area contributed by atoms with Gasteiger partial charge in [0.25, 0.3) is 11.8 Å².